The summed E-state index contributed by atoms with van der Waals surface area (Å²) >= 11 is 0. The van der Waals surface area contributed by atoms with Gasteiger partial charge in [0, 0.05) is 12.6 Å². The summed E-state index contributed by atoms with van der Waals surface area (Å²) in [7, 11) is -3.46. The number of hydrogen-bond donors (Lipinski definition) is 2. The van der Waals surface area contributed by atoms with Crippen LogP contribution < -0.4 is 10.5 Å². The molecule has 1 aliphatic rings. The Bertz CT molecular complexity index is 535. The normalized spacial score (nSPS) is 23.7. The maximum atomic E-state index is 12.5. The number of benzene rings is 1. The van der Waals surface area contributed by atoms with Gasteiger partial charge in [-0.1, -0.05) is 31.5 Å². The van der Waals surface area contributed by atoms with Crippen molar-refractivity contribution in [3.8, 4) is 0 Å². The smallest absolute Gasteiger partial charge is 0.241 e. The van der Waals surface area contributed by atoms with Crippen molar-refractivity contribution in [1.82, 2.24) is 4.72 Å². The van der Waals surface area contributed by atoms with Crippen molar-refractivity contribution < 1.29 is 8.42 Å². The highest BCUT2D eigenvalue weighted by Gasteiger charge is 2.26. The van der Waals surface area contributed by atoms with Crippen molar-refractivity contribution in [3.05, 3.63) is 29.8 Å². The van der Waals surface area contributed by atoms with Crippen LogP contribution in [-0.2, 0) is 16.6 Å². The SMILES string of the molecule is CCC1CCC(NS(=O)(=O)c2ccccc2CN)CC1. The fourth-order valence-corrected chi connectivity index (χ4v) is 4.46. The predicted octanol–water partition coefficient (Wildman–Crippen LogP) is 2.39. The molecule has 4 nitrogen and oxygen atoms in total. The van der Waals surface area contributed by atoms with Crippen LogP contribution >= 0.6 is 0 Å². The highest BCUT2D eigenvalue weighted by molar-refractivity contribution is 7.89. The predicted molar refractivity (Wildman–Crippen MR) is 80.7 cm³/mol. The monoisotopic (exact) mass is 296 g/mol. The van der Waals surface area contributed by atoms with Crippen LogP contribution in [0.25, 0.3) is 0 Å². The van der Waals surface area contributed by atoms with Crippen molar-refractivity contribution >= 4 is 10.0 Å². The summed E-state index contributed by atoms with van der Waals surface area (Å²) in [5, 5.41) is 0. The summed E-state index contributed by atoms with van der Waals surface area (Å²) in [5.74, 6) is 0.757. The molecule has 0 aliphatic heterocycles. The highest BCUT2D eigenvalue weighted by Crippen LogP contribution is 2.27. The molecule has 5 heteroatoms. The first-order valence-electron chi connectivity index (χ1n) is 7.37. The summed E-state index contributed by atoms with van der Waals surface area (Å²) in [6.45, 7) is 2.44. The van der Waals surface area contributed by atoms with E-state index in [-0.39, 0.29) is 12.6 Å². The summed E-state index contributed by atoms with van der Waals surface area (Å²) < 4.78 is 27.8. The van der Waals surface area contributed by atoms with E-state index in [0.717, 1.165) is 31.6 Å². The zero-order valence-corrected chi connectivity index (χ0v) is 12.8. The zero-order valence-electron chi connectivity index (χ0n) is 12.0. The second kappa shape index (κ2) is 6.70. The summed E-state index contributed by atoms with van der Waals surface area (Å²) in [5.41, 5.74) is 6.29. The molecular weight excluding hydrogens is 272 g/mol. The van der Waals surface area contributed by atoms with Crippen LogP contribution in [0.2, 0.25) is 0 Å². The Balaban J connectivity index is 2.08. The van der Waals surface area contributed by atoms with Crippen molar-refractivity contribution in [2.75, 3.05) is 0 Å². The van der Waals surface area contributed by atoms with E-state index < -0.39 is 10.0 Å². The minimum Gasteiger partial charge on any atom is -0.326 e. The number of nitrogens with two attached hydrogens (primary N) is 1. The highest BCUT2D eigenvalue weighted by atomic mass is 32.2. The molecule has 0 heterocycles. The molecule has 1 saturated carbocycles. The molecule has 0 amide bonds. The molecule has 3 N–H and O–H groups in total. The van der Waals surface area contributed by atoms with Crippen LogP contribution in [0.15, 0.2) is 29.2 Å². The second-order valence-electron chi connectivity index (χ2n) is 5.56. The van der Waals surface area contributed by atoms with E-state index in [2.05, 4.69) is 11.6 Å². The van der Waals surface area contributed by atoms with Crippen LogP contribution in [0.4, 0.5) is 0 Å². The Hall–Kier alpha value is -0.910. The van der Waals surface area contributed by atoms with Crippen molar-refractivity contribution in [2.24, 2.45) is 11.7 Å². The van der Waals surface area contributed by atoms with Gasteiger partial charge in [0.15, 0.2) is 0 Å². The number of rotatable bonds is 5. The third-order valence-electron chi connectivity index (χ3n) is 4.23. The molecule has 20 heavy (non-hydrogen) atoms. The van der Waals surface area contributed by atoms with Gasteiger partial charge in [0.1, 0.15) is 0 Å². The van der Waals surface area contributed by atoms with E-state index >= 15 is 0 Å². The molecule has 0 spiro atoms. The van der Waals surface area contributed by atoms with E-state index in [1.165, 1.54) is 6.42 Å². The largest absolute Gasteiger partial charge is 0.326 e. The molecule has 0 bridgehead atoms. The third kappa shape index (κ3) is 3.59. The van der Waals surface area contributed by atoms with Crippen molar-refractivity contribution in [2.45, 2.75) is 56.5 Å². The van der Waals surface area contributed by atoms with Crippen LogP contribution in [0, 0.1) is 5.92 Å². The second-order valence-corrected chi connectivity index (χ2v) is 7.24. The van der Waals surface area contributed by atoms with Gasteiger partial charge in [-0.25, -0.2) is 13.1 Å². The topological polar surface area (TPSA) is 72.2 Å². The fraction of sp³-hybridized carbons (Fsp3) is 0.600. The van der Waals surface area contributed by atoms with Gasteiger partial charge < -0.3 is 5.73 Å². The molecule has 2 rings (SSSR count). The standard InChI is InChI=1S/C15H24N2O2S/c1-2-12-7-9-14(10-8-12)17-20(18,19)15-6-4-3-5-13(15)11-16/h3-6,12,14,17H,2,7-11,16H2,1H3. The Labute approximate surface area is 121 Å². The minimum atomic E-state index is -3.46. The van der Waals surface area contributed by atoms with Gasteiger partial charge >= 0.3 is 0 Å². The van der Waals surface area contributed by atoms with Gasteiger partial charge in [-0.3, -0.25) is 0 Å². The number of hydrogen-bond acceptors (Lipinski definition) is 3. The lowest BCUT2D eigenvalue weighted by Crippen LogP contribution is -2.38. The number of nitrogens with one attached hydrogen (secondary N) is 1. The van der Waals surface area contributed by atoms with Gasteiger partial charge in [0.2, 0.25) is 10.0 Å². The van der Waals surface area contributed by atoms with Gasteiger partial charge in [-0.15, -0.1) is 0 Å². The third-order valence-corrected chi connectivity index (χ3v) is 5.85. The molecule has 0 saturated heterocycles. The van der Waals surface area contributed by atoms with E-state index in [9.17, 15) is 8.42 Å². The van der Waals surface area contributed by atoms with E-state index in [1.54, 1.807) is 18.2 Å². The van der Waals surface area contributed by atoms with Gasteiger partial charge in [-0.2, -0.15) is 0 Å². The average molecular weight is 296 g/mol. The fourth-order valence-electron chi connectivity index (χ4n) is 2.91. The Kier molecular flexibility index (Phi) is 5.18. The molecular formula is C15H24N2O2S. The maximum Gasteiger partial charge on any atom is 0.241 e. The minimum absolute atomic E-state index is 0.0635. The zero-order chi connectivity index (χ0) is 14.6. The summed E-state index contributed by atoms with van der Waals surface area (Å²) in [6.07, 6.45) is 5.28. The molecule has 112 valence electrons. The quantitative estimate of drug-likeness (QED) is 0.876. The molecule has 0 unspecified atom stereocenters. The summed E-state index contributed by atoms with van der Waals surface area (Å²) in [6, 6.07) is 7.01. The van der Waals surface area contributed by atoms with Gasteiger partial charge in [-0.05, 0) is 43.2 Å². The molecule has 1 aliphatic carbocycles. The molecule has 1 aromatic carbocycles. The first kappa shape index (κ1) is 15.5. The van der Waals surface area contributed by atoms with E-state index in [0.29, 0.717) is 10.5 Å². The van der Waals surface area contributed by atoms with Crippen molar-refractivity contribution in [3.63, 3.8) is 0 Å². The van der Waals surface area contributed by atoms with Gasteiger partial charge in [0.05, 0.1) is 4.90 Å². The molecule has 0 aromatic heterocycles. The Morgan fingerprint density at radius 2 is 1.85 bits per heavy atom. The molecule has 0 radical (unpaired) electrons. The Morgan fingerprint density at radius 1 is 1.20 bits per heavy atom. The van der Waals surface area contributed by atoms with Crippen LogP contribution in [0.1, 0.15) is 44.6 Å². The molecule has 1 aromatic rings. The first-order chi connectivity index (χ1) is 9.56. The lowest BCUT2D eigenvalue weighted by molar-refractivity contribution is 0.306. The number of sulfonamides is 1. The lowest BCUT2D eigenvalue weighted by atomic mass is 9.85. The van der Waals surface area contributed by atoms with Crippen molar-refractivity contribution in [1.29, 1.82) is 0 Å². The molecule has 1 fully saturated rings. The Morgan fingerprint density at radius 3 is 2.45 bits per heavy atom. The maximum absolute atomic E-state index is 12.5. The van der Waals surface area contributed by atoms with Crippen LogP contribution in [0.3, 0.4) is 0 Å². The van der Waals surface area contributed by atoms with Gasteiger partial charge in [0.25, 0.3) is 0 Å². The van der Waals surface area contributed by atoms with E-state index in [1.807, 2.05) is 6.07 Å². The van der Waals surface area contributed by atoms with Crippen LogP contribution in [0.5, 0.6) is 0 Å². The first-order valence-corrected chi connectivity index (χ1v) is 8.85. The summed E-state index contributed by atoms with van der Waals surface area (Å²) in [4.78, 5) is 0.320. The lowest BCUT2D eigenvalue weighted by Gasteiger charge is -2.28. The van der Waals surface area contributed by atoms with Crippen LogP contribution in [-0.4, -0.2) is 14.5 Å². The average Bonchev–Trinajstić information content (AvgIpc) is 2.47. The molecule has 0 atom stereocenters. The van der Waals surface area contributed by atoms with E-state index in [4.69, 9.17) is 5.73 Å².